The fourth-order valence-corrected chi connectivity index (χ4v) is 3.90. The third kappa shape index (κ3) is 3.23. The minimum atomic E-state index is -1.23. The minimum Gasteiger partial charge on any atom is -0.478 e. The molecule has 1 aliphatic rings. The Morgan fingerprint density at radius 3 is 2.25 bits per heavy atom. The largest absolute Gasteiger partial charge is 0.478 e. The molecule has 0 amide bonds. The second-order valence-corrected chi connectivity index (χ2v) is 7.13. The lowest BCUT2D eigenvalue weighted by Gasteiger charge is -2.03. The molecule has 0 saturated carbocycles. The van der Waals surface area contributed by atoms with Gasteiger partial charge in [-0.2, -0.15) is 0 Å². The van der Waals surface area contributed by atoms with Crippen LogP contribution in [0.3, 0.4) is 0 Å². The number of hydrogen-bond acceptors (Lipinski definition) is 5. The van der Waals surface area contributed by atoms with Crippen molar-refractivity contribution >= 4 is 35.6 Å². The summed E-state index contributed by atoms with van der Waals surface area (Å²) in [6.07, 6.45) is 1.62. The Kier molecular flexibility index (Phi) is 4.37. The van der Waals surface area contributed by atoms with Crippen molar-refractivity contribution in [2.45, 2.75) is 4.90 Å². The van der Waals surface area contributed by atoms with Crippen molar-refractivity contribution in [2.75, 3.05) is 0 Å². The van der Waals surface area contributed by atoms with Gasteiger partial charge in [-0.3, -0.25) is 4.79 Å². The molecule has 0 unspecified atom stereocenters. The molecule has 2 aromatic carbocycles. The van der Waals surface area contributed by atoms with Crippen LogP contribution in [0.4, 0.5) is 0 Å². The van der Waals surface area contributed by atoms with Gasteiger partial charge < -0.3 is 14.6 Å². The van der Waals surface area contributed by atoms with Crippen LogP contribution in [-0.2, 0) is 0 Å². The molecule has 0 bridgehead atoms. The first-order chi connectivity index (χ1) is 13.4. The van der Waals surface area contributed by atoms with Crippen molar-refractivity contribution in [3.8, 4) is 11.3 Å². The first kappa shape index (κ1) is 17.8. The smallest absolute Gasteiger partial charge is 0.335 e. The third-order valence-corrected chi connectivity index (χ3v) is 5.29. The summed E-state index contributed by atoms with van der Waals surface area (Å²) in [5.74, 6) is -1.82. The number of ketones is 1. The molecule has 6 nitrogen and oxygen atoms in total. The maximum Gasteiger partial charge on any atom is 0.335 e. The highest BCUT2D eigenvalue weighted by atomic mass is 32.2. The first-order valence-electron chi connectivity index (χ1n) is 8.17. The van der Waals surface area contributed by atoms with Crippen LogP contribution in [0.1, 0.15) is 36.8 Å². The fraction of sp³-hybridized carbons (Fsp3) is 0. The Balaban J connectivity index is 1.69. The van der Waals surface area contributed by atoms with Crippen LogP contribution >= 0.6 is 11.8 Å². The molecule has 1 aromatic heterocycles. The number of thioether (sulfide) groups is 1. The van der Waals surface area contributed by atoms with Gasteiger partial charge in [0, 0.05) is 16.0 Å². The molecule has 0 radical (unpaired) electrons. The number of benzene rings is 2. The lowest BCUT2D eigenvalue weighted by atomic mass is 10.0. The van der Waals surface area contributed by atoms with Crippen molar-refractivity contribution in [1.82, 2.24) is 0 Å². The molecule has 1 aliphatic heterocycles. The number of rotatable bonds is 4. The molecule has 0 aliphatic carbocycles. The number of carboxylic acids is 2. The number of carboxylic acid groups (broad SMARTS) is 2. The van der Waals surface area contributed by atoms with E-state index in [-0.39, 0.29) is 16.9 Å². The number of allylic oxidation sites excluding steroid dienone is 1. The van der Waals surface area contributed by atoms with Gasteiger partial charge >= 0.3 is 11.9 Å². The zero-order chi connectivity index (χ0) is 19.8. The van der Waals surface area contributed by atoms with E-state index in [2.05, 4.69) is 0 Å². The van der Waals surface area contributed by atoms with Gasteiger partial charge in [-0.1, -0.05) is 23.9 Å². The molecule has 2 heterocycles. The average molecular weight is 392 g/mol. The summed E-state index contributed by atoms with van der Waals surface area (Å²) in [6, 6.07) is 14.3. The van der Waals surface area contributed by atoms with Gasteiger partial charge in [0.2, 0.25) is 5.78 Å². The Morgan fingerprint density at radius 1 is 0.929 bits per heavy atom. The first-order valence-corrected chi connectivity index (χ1v) is 8.99. The normalized spacial score (nSPS) is 14.3. The number of fused-ring (bicyclic) bond motifs is 1. The van der Waals surface area contributed by atoms with Gasteiger partial charge in [0.15, 0.2) is 0 Å². The Bertz CT molecular complexity index is 1140. The summed E-state index contributed by atoms with van der Waals surface area (Å²) in [5, 5.41) is 18.4. The quantitative estimate of drug-likeness (QED) is 0.622. The summed E-state index contributed by atoms with van der Waals surface area (Å²) in [7, 11) is 0. The van der Waals surface area contributed by atoms with E-state index in [4.69, 9.17) is 4.42 Å². The summed E-state index contributed by atoms with van der Waals surface area (Å²) >= 11 is 1.35. The maximum atomic E-state index is 12.5. The summed E-state index contributed by atoms with van der Waals surface area (Å²) in [5.41, 5.74) is 0.674. The lowest BCUT2D eigenvalue weighted by molar-refractivity contribution is 0.0696. The van der Waals surface area contributed by atoms with E-state index < -0.39 is 11.9 Å². The fourth-order valence-electron chi connectivity index (χ4n) is 2.87. The Morgan fingerprint density at radius 2 is 1.61 bits per heavy atom. The van der Waals surface area contributed by atoms with Crippen LogP contribution in [0.5, 0.6) is 0 Å². The number of furan rings is 1. The third-order valence-electron chi connectivity index (χ3n) is 4.19. The highest BCUT2D eigenvalue weighted by molar-refractivity contribution is 8.04. The van der Waals surface area contributed by atoms with Crippen LogP contribution in [0.25, 0.3) is 17.4 Å². The molecule has 0 spiro atoms. The van der Waals surface area contributed by atoms with Crippen LogP contribution in [-0.4, -0.2) is 27.9 Å². The van der Waals surface area contributed by atoms with Crippen molar-refractivity contribution in [3.05, 3.63) is 82.0 Å². The molecular weight excluding hydrogens is 380 g/mol. The van der Waals surface area contributed by atoms with Crippen LogP contribution in [0, 0.1) is 0 Å². The van der Waals surface area contributed by atoms with Gasteiger partial charge in [0.25, 0.3) is 0 Å². The van der Waals surface area contributed by atoms with Crippen LogP contribution in [0.15, 0.2) is 68.8 Å². The number of carbonyl (C=O) groups excluding carboxylic acids is 1. The molecule has 7 heteroatoms. The zero-order valence-electron chi connectivity index (χ0n) is 14.2. The highest BCUT2D eigenvalue weighted by Gasteiger charge is 2.25. The standard InChI is InChI=1S/C21H12O6S/c22-19-15-3-1-2-4-17(15)28-18(19)10-14-5-6-16(27-14)11-7-12(20(23)24)9-13(8-11)21(25)26/h1-10H,(H,23,24)(H,25,26)/b18-10-. The molecule has 0 atom stereocenters. The number of hydrogen-bond donors (Lipinski definition) is 2. The SMILES string of the molecule is O=C(O)c1cc(C(=O)O)cc(-c2ccc(/C=C3\Sc4ccccc4C3=O)o2)c1. The van der Waals surface area contributed by atoms with Crippen LogP contribution in [0.2, 0.25) is 0 Å². The minimum absolute atomic E-state index is 0.0837. The molecule has 4 rings (SSSR count). The van der Waals surface area contributed by atoms with Crippen molar-refractivity contribution in [1.29, 1.82) is 0 Å². The van der Waals surface area contributed by atoms with Gasteiger partial charge in [0.05, 0.1) is 16.0 Å². The molecule has 3 aromatic rings. The van der Waals surface area contributed by atoms with Crippen molar-refractivity contribution in [3.63, 3.8) is 0 Å². The van der Waals surface area contributed by atoms with Gasteiger partial charge in [-0.25, -0.2) is 9.59 Å². The van der Waals surface area contributed by atoms with E-state index in [9.17, 15) is 24.6 Å². The van der Waals surface area contributed by atoms with Gasteiger partial charge in [0.1, 0.15) is 11.5 Å². The number of aromatic carboxylic acids is 2. The monoisotopic (exact) mass is 392 g/mol. The van der Waals surface area contributed by atoms with E-state index in [1.807, 2.05) is 12.1 Å². The predicted octanol–water partition coefficient (Wildman–Crippen LogP) is 4.67. The van der Waals surface area contributed by atoms with Crippen LogP contribution < -0.4 is 0 Å². The van der Waals surface area contributed by atoms with Crippen molar-refractivity contribution < 1.29 is 29.0 Å². The summed E-state index contributed by atoms with van der Waals surface area (Å²) in [4.78, 5) is 36.4. The number of Topliss-reactive ketones (excluding diaryl/α,β-unsaturated/α-hetero) is 1. The second-order valence-electron chi connectivity index (χ2n) is 6.05. The predicted molar refractivity (Wildman–Crippen MR) is 103 cm³/mol. The Labute approximate surface area is 163 Å². The topological polar surface area (TPSA) is 105 Å². The molecule has 138 valence electrons. The summed E-state index contributed by atoms with van der Waals surface area (Å²) < 4.78 is 5.72. The Hall–Kier alpha value is -3.58. The lowest BCUT2D eigenvalue weighted by Crippen LogP contribution is -2.02. The molecule has 0 fully saturated rings. The van der Waals surface area contributed by atoms with Gasteiger partial charge in [-0.05, 0) is 48.5 Å². The van der Waals surface area contributed by atoms with E-state index >= 15 is 0 Å². The van der Waals surface area contributed by atoms with E-state index in [0.29, 0.717) is 27.6 Å². The molecule has 28 heavy (non-hydrogen) atoms. The highest BCUT2D eigenvalue weighted by Crippen LogP contribution is 2.41. The van der Waals surface area contributed by atoms with Crippen molar-refractivity contribution in [2.24, 2.45) is 0 Å². The average Bonchev–Trinajstić information content (AvgIpc) is 3.27. The van der Waals surface area contributed by atoms with E-state index in [1.165, 1.54) is 23.9 Å². The second kappa shape index (κ2) is 6.86. The summed E-state index contributed by atoms with van der Waals surface area (Å²) in [6.45, 7) is 0. The molecule has 0 saturated heterocycles. The zero-order valence-corrected chi connectivity index (χ0v) is 15.0. The van der Waals surface area contributed by atoms with E-state index in [1.54, 1.807) is 30.3 Å². The van der Waals surface area contributed by atoms with E-state index in [0.717, 1.165) is 11.0 Å². The van der Waals surface area contributed by atoms with Gasteiger partial charge in [-0.15, -0.1) is 0 Å². The number of carbonyl (C=O) groups is 3. The maximum absolute atomic E-state index is 12.5. The molecule has 2 N–H and O–H groups in total. The molecular formula is C21H12O6S.